The van der Waals surface area contributed by atoms with Gasteiger partial charge in [-0.2, -0.15) is 0 Å². The summed E-state index contributed by atoms with van der Waals surface area (Å²) in [5, 5.41) is 0. The Hall–Kier alpha value is -0.660. The highest BCUT2D eigenvalue weighted by atomic mass is 16.1. The molecule has 4 atom stereocenters. The monoisotopic (exact) mass is 308 g/mol. The van der Waals surface area contributed by atoms with Crippen LogP contribution >= 0.6 is 0 Å². The first-order valence-corrected chi connectivity index (χ1v) is 9.27. The van der Waals surface area contributed by atoms with Crippen molar-refractivity contribution in [2.75, 3.05) is 0 Å². The highest BCUT2D eigenvalue weighted by Crippen LogP contribution is 2.30. The second-order valence-corrected chi connectivity index (χ2v) is 8.41. The van der Waals surface area contributed by atoms with E-state index in [1.165, 1.54) is 12.8 Å². The molecule has 2 heteroatoms. The van der Waals surface area contributed by atoms with Crippen LogP contribution in [-0.4, -0.2) is 11.6 Å². The van der Waals surface area contributed by atoms with E-state index < -0.39 is 0 Å². The molecule has 0 N–H and O–H groups in total. The molecular formula is C20H36O2. The second-order valence-electron chi connectivity index (χ2n) is 8.41. The number of ketones is 2. The Bertz CT molecular complexity index is 334. The van der Waals surface area contributed by atoms with Crippen molar-refractivity contribution in [1.29, 1.82) is 0 Å². The summed E-state index contributed by atoms with van der Waals surface area (Å²) in [5.41, 5.74) is 0. The van der Waals surface area contributed by atoms with Crippen LogP contribution in [0, 0.1) is 35.5 Å². The number of rotatable bonds is 2. The van der Waals surface area contributed by atoms with Gasteiger partial charge in [0.1, 0.15) is 11.6 Å². The lowest BCUT2D eigenvalue weighted by Crippen LogP contribution is -2.27. The molecule has 0 heterocycles. The lowest BCUT2D eigenvalue weighted by Gasteiger charge is -2.27. The van der Waals surface area contributed by atoms with Crippen molar-refractivity contribution in [2.45, 2.75) is 80.1 Å². The zero-order chi connectivity index (χ0) is 16.9. The SMILES string of the molecule is CC(C)[C@@H]1CC[C@@H](C)CC1=O.CC(C)[C@H]1CC[C@@H](C)CC1=O. The van der Waals surface area contributed by atoms with Gasteiger partial charge in [0.05, 0.1) is 0 Å². The molecule has 2 rings (SSSR count). The molecule has 0 aromatic rings. The van der Waals surface area contributed by atoms with Gasteiger partial charge >= 0.3 is 0 Å². The van der Waals surface area contributed by atoms with Gasteiger partial charge in [0.15, 0.2) is 0 Å². The summed E-state index contributed by atoms with van der Waals surface area (Å²) in [6, 6.07) is 0. The van der Waals surface area contributed by atoms with Crippen LogP contribution in [0.5, 0.6) is 0 Å². The van der Waals surface area contributed by atoms with Crippen LogP contribution in [0.25, 0.3) is 0 Å². The molecule has 2 aliphatic carbocycles. The zero-order valence-electron chi connectivity index (χ0n) is 15.5. The third-order valence-electron chi connectivity index (χ3n) is 5.48. The average Bonchev–Trinajstić information content (AvgIpc) is 2.38. The van der Waals surface area contributed by atoms with Crippen LogP contribution in [0.1, 0.15) is 80.1 Å². The number of hydrogen-bond donors (Lipinski definition) is 0. The van der Waals surface area contributed by atoms with Gasteiger partial charge in [-0.25, -0.2) is 0 Å². The maximum atomic E-state index is 11.4. The Labute approximate surface area is 137 Å². The molecule has 128 valence electrons. The van der Waals surface area contributed by atoms with Crippen LogP contribution in [-0.2, 0) is 9.59 Å². The maximum absolute atomic E-state index is 11.4. The zero-order valence-corrected chi connectivity index (χ0v) is 15.5. The predicted molar refractivity (Wildman–Crippen MR) is 92.7 cm³/mol. The van der Waals surface area contributed by atoms with Crippen molar-refractivity contribution in [2.24, 2.45) is 35.5 Å². The summed E-state index contributed by atoms with van der Waals surface area (Å²) >= 11 is 0. The van der Waals surface area contributed by atoms with E-state index in [2.05, 4.69) is 41.5 Å². The van der Waals surface area contributed by atoms with Crippen LogP contribution in [0.3, 0.4) is 0 Å². The molecule has 2 nitrogen and oxygen atoms in total. The summed E-state index contributed by atoms with van der Waals surface area (Å²) in [5.74, 6) is 4.11. The molecule has 2 fully saturated rings. The molecule has 0 spiro atoms. The Morgan fingerprint density at radius 1 is 0.682 bits per heavy atom. The van der Waals surface area contributed by atoms with Crippen LogP contribution in [0.15, 0.2) is 0 Å². The van der Waals surface area contributed by atoms with Crippen molar-refractivity contribution in [1.82, 2.24) is 0 Å². The lowest BCUT2D eigenvalue weighted by molar-refractivity contribution is -0.128. The Morgan fingerprint density at radius 2 is 1.00 bits per heavy atom. The van der Waals surface area contributed by atoms with Crippen molar-refractivity contribution in [3.63, 3.8) is 0 Å². The molecule has 0 aromatic carbocycles. The number of hydrogen-bond acceptors (Lipinski definition) is 2. The molecule has 0 saturated heterocycles. The van der Waals surface area contributed by atoms with Crippen LogP contribution < -0.4 is 0 Å². The van der Waals surface area contributed by atoms with E-state index in [4.69, 9.17) is 0 Å². The average molecular weight is 309 g/mol. The number of carbonyl (C=O) groups is 2. The van der Waals surface area contributed by atoms with Crippen LogP contribution in [0.2, 0.25) is 0 Å². The van der Waals surface area contributed by atoms with Gasteiger partial charge in [0.25, 0.3) is 0 Å². The summed E-state index contributed by atoms with van der Waals surface area (Å²) in [6.45, 7) is 13.0. The van der Waals surface area contributed by atoms with E-state index >= 15 is 0 Å². The Kier molecular flexibility index (Phi) is 7.79. The smallest absolute Gasteiger partial charge is 0.136 e. The molecule has 2 saturated carbocycles. The molecule has 2 aliphatic rings. The largest absolute Gasteiger partial charge is 0.299 e. The van der Waals surface area contributed by atoms with E-state index in [9.17, 15) is 9.59 Å². The minimum absolute atomic E-state index is 0.367. The predicted octanol–water partition coefficient (Wildman–Crippen LogP) is 5.30. The number of Topliss-reactive ketones (excluding diaryl/α,β-unsaturated/α-hetero) is 2. The Morgan fingerprint density at radius 3 is 1.23 bits per heavy atom. The van der Waals surface area contributed by atoms with E-state index in [1.54, 1.807) is 0 Å². The Balaban J connectivity index is 0.000000220. The highest BCUT2D eigenvalue weighted by molar-refractivity contribution is 5.82. The first-order valence-electron chi connectivity index (χ1n) is 9.27. The molecule has 0 bridgehead atoms. The molecular weight excluding hydrogens is 272 g/mol. The second kappa shape index (κ2) is 8.84. The summed E-state index contributed by atoms with van der Waals surface area (Å²) in [7, 11) is 0. The van der Waals surface area contributed by atoms with E-state index in [-0.39, 0.29) is 0 Å². The van der Waals surface area contributed by atoms with Crippen molar-refractivity contribution in [3.8, 4) is 0 Å². The molecule has 22 heavy (non-hydrogen) atoms. The molecule has 0 aliphatic heterocycles. The van der Waals surface area contributed by atoms with Gasteiger partial charge < -0.3 is 0 Å². The quantitative estimate of drug-likeness (QED) is 0.694. The van der Waals surface area contributed by atoms with Gasteiger partial charge in [-0.15, -0.1) is 0 Å². The van der Waals surface area contributed by atoms with E-state index in [0.717, 1.165) is 25.7 Å². The van der Waals surface area contributed by atoms with Gasteiger partial charge in [-0.05, 0) is 49.4 Å². The minimum atomic E-state index is 0.367. The maximum Gasteiger partial charge on any atom is 0.136 e. The fourth-order valence-electron chi connectivity index (χ4n) is 3.85. The topological polar surface area (TPSA) is 34.1 Å². The molecule has 0 unspecified atom stereocenters. The number of carbonyl (C=O) groups excluding carboxylic acids is 2. The first-order chi connectivity index (χ1) is 10.2. The standard InChI is InChI=1S/2C10H18O/c2*1-7(2)9-5-4-8(3)6-10(9)11/h2*7-9H,4-6H2,1-3H3/t8-,9+;8-,9-/m11/s1. The summed E-state index contributed by atoms with van der Waals surface area (Å²) in [4.78, 5) is 22.9. The highest BCUT2D eigenvalue weighted by Gasteiger charge is 2.28. The normalized spacial score (nSPS) is 32.9. The van der Waals surface area contributed by atoms with Crippen LogP contribution in [0.4, 0.5) is 0 Å². The van der Waals surface area contributed by atoms with E-state index in [0.29, 0.717) is 47.1 Å². The molecule has 0 aromatic heterocycles. The van der Waals surface area contributed by atoms with Crippen molar-refractivity contribution < 1.29 is 9.59 Å². The molecule has 0 radical (unpaired) electrons. The van der Waals surface area contributed by atoms with E-state index in [1.807, 2.05) is 0 Å². The summed E-state index contributed by atoms with van der Waals surface area (Å²) in [6.07, 6.45) is 6.38. The van der Waals surface area contributed by atoms with Gasteiger partial charge in [-0.1, -0.05) is 41.5 Å². The molecule has 0 amide bonds. The fourth-order valence-corrected chi connectivity index (χ4v) is 3.85. The van der Waals surface area contributed by atoms with Gasteiger partial charge in [0, 0.05) is 24.7 Å². The van der Waals surface area contributed by atoms with Crippen molar-refractivity contribution in [3.05, 3.63) is 0 Å². The third kappa shape index (κ3) is 5.85. The summed E-state index contributed by atoms with van der Waals surface area (Å²) < 4.78 is 0. The fraction of sp³-hybridized carbons (Fsp3) is 0.900. The van der Waals surface area contributed by atoms with Gasteiger partial charge in [0.2, 0.25) is 0 Å². The van der Waals surface area contributed by atoms with Gasteiger partial charge in [-0.3, -0.25) is 9.59 Å². The lowest BCUT2D eigenvalue weighted by atomic mass is 9.77. The third-order valence-corrected chi connectivity index (χ3v) is 5.48. The van der Waals surface area contributed by atoms with Crippen molar-refractivity contribution >= 4 is 11.6 Å². The minimum Gasteiger partial charge on any atom is -0.299 e. The first kappa shape index (κ1) is 19.4.